The van der Waals surface area contributed by atoms with Crippen LogP contribution in [-0.4, -0.2) is 31.1 Å². The maximum atomic E-state index is 12.1. The minimum atomic E-state index is -0.163. The van der Waals surface area contributed by atoms with Crippen molar-refractivity contribution in [3.8, 4) is 0 Å². The highest BCUT2D eigenvalue weighted by Crippen LogP contribution is 2.22. The van der Waals surface area contributed by atoms with E-state index in [0.717, 1.165) is 11.4 Å². The van der Waals surface area contributed by atoms with Crippen LogP contribution < -0.4 is 21.3 Å². The molecular formula is C15H18N4O2. The van der Waals surface area contributed by atoms with Gasteiger partial charge in [0.15, 0.2) is 0 Å². The zero-order valence-electron chi connectivity index (χ0n) is 11.6. The van der Waals surface area contributed by atoms with Crippen LogP contribution in [0.1, 0.15) is 6.42 Å². The van der Waals surface area contributed by atoms with E-state index in [9.17, 15) is 9.59 Å². The van der Waals surface area contributed by atoms with Crippen molar-refractivity contribution < 1.29 is 9.59 Å². The van der Waals surface area contributed by atoms with E-state index in [1.165, 1.54) is 0 Å². The molecule has 2 unspecified atom stereocenters. The number of hydrogen-bond acceptors (Lipinski definition) is 3. The first kappa shape index (κ1) is 13.6. The largest absolute Gasteiger partial charge is 0.336 e. The second-order valence-electron chi connectivity index (χ2n) is 5.31. The summed E-state index contributed by atoms with van der Waals surface area (Å²) in [5.74, 6) is -0.213. The van der Waals surface area contributed by atoms with Crippen molar-refractivity contribution in [3.05, 3.63) is 36.4 Å². The van der Waals surface area contributed by atoms with E-state index in [2.05, 4.69) is 10.6 Å². The second-order valence-corrected chi connectivity index (χ2v) is 5.31. The highest BCUT2D eigenvalue weighted by molar-refractivity contribution is 5.96. The van der Waals surface area contributed by atoms with Crippen LogP contribution in [0.2, 0.25) is 0 Å². The van der Waals surface area contributed by atoms with E-state index in [4.69, 9.17) is 5.73 Å². The molecule has 1 aromatic carbocycles. The maximum absolute atomic E-state index is 12.1. The average Bonchev–Trinajstić information content (AvgIpc) is 3.08. The molecule has 0 bridgehead atoms. The van der Waals surface area contributed by atoms with Crippen molar-refractivity contribution in [2.24, 2.45) is 11.7 Å². The molecule has 1 saturated heterocycles. The number of hydrogen-bond donors (Lipinski definition) is 3. The minimum Gasteiger partial charge on any atom is -0.336 e. The van der Waals surface area contributed by atoms with Crippen LogP contribution in [0.15, 0.2) is 36.4 Å². The van der Waals surface area contributed by atoms with Crippen molar-refractivity contribution >= 4 is 23.3 Å². The zero-order valence-corrected chi connectivity index (χ0v) is 11.6. The lowest BCUT2D eigenvalue weighted by atomic mass is 10.1. The molecule has 1 aliphatic carbocycles. The SMILES string of the molecule is NC1C=CC(C(=O)Nc2ccc(N3CCNC3=O)cc2)C1. The number of nitrogens with two attached hydrogens (primary N) is 1. The molecular weight excluding hydrogens is 268 g/mol. The molecule has 6 nitrogen and oxygen atoms in total. The predicted octanol–water partition coefficient (Wildman–Crippen LogP) is 1.06. The third-order valence-electron chi connectivity index (χ3n) is 3.76. The molecule has 0 saturated carbocycles. The summed E-state index contributed by atoms with van der Waals surface area (Å²) in [5.41, 5.74) is 7.29. The number of anilines is 2. The smallest absolute Gasteiger partial charge is 0.321 e. The van der Waals surface area contributed by atoms with Gasteiger partial charge in [0.1, 0.15) is 0 Å². The van der Waals surface area contributed by atoms with Crippen LogP contribution >= 0.6 is 0 Å². The maximum Gasteiger partial charge on any atom is 0.321 e. The van der Waals surface area contributed by atoms with E-state index in [1.54, 1.807) is 17.0 Å². The molecule has 110 valence electrons. The number of nitrogens with zero attached hydrogens (tertiary/aromatic N) is 1. The lowest BCUT2D eigenvalue weighted by molar-refractivity contribution is -0.118. The van der Waals surface area contributed by atoms with E-state index >= 15 is 0 Å². The minimum absolute atomic E-state index is 0.0307. The molecule has 0 spiro atoms. The van der Waals surface area contributed by atoms with Gasteiger partial charge < -0.3 is 16.4 Å². The van der Waals surface area contributed by atoms with Gasteiger partial charge in [0.2, 0.25) is 5.91 Å². The third kappa shape index (κ3) is 2.90. The van der Waals surface area contributed by atoms with Crippen LogP contribution in [0.3, 0.4) is 0 Å². The molecule has 0 radical (unpaired) electrons. The first-order valence-electron chi connectivity index (χ1n) is 7.04. The van der Waals surface area contributed by atoms with Gasteiger partial charge in [0.05, 0.1) is 5.92 Å². The Morgan fingerprint density at radius 2 is 2.05 bits per heavy atom. The zero-order chi connectivity index (χ0) is 14.8. The van der Waals surface area contributed by atoms with Crippen molar-refractivity contribution in [3.63, 3.8) is 0 Å². The van der Waals surface area contributed by atoms with Crippen molar-refractivity contribution in [2.45, 2.75) is 12.5 Å². The summed E-state index contributed by atoms with van der Waals surface area (Å²) in [5, 5.41) is 5.62. The summed E-state index contributed by atoms with van der Waals surface area (Å²) in [6, 6.07) is 7.15. The molecule has 1 heterocycles. The first-order chi connectivity index (χ1) is 10.1. The van der Waals surface area contributed by atoms with Crippen molar-refractivity contribution in [1.82, 2.24) is 5.32 Å². The van der Waals surface area contributed by atoms with Gasteiger partial charge in [0.25, 0.3) is 0 Å². The standard InChI is InChI=1S/C15H18N4O2/c16-11-2-1-10(9-11)14(20)18-12-3-5-13(6-4-12)19-8-7-17-15(19)21/h1-6,10-11H,7-9,16H2,(H,17,21)(H,18,20). The van der Waals surface area contributed by atoms with E-state index in [0.29, 0.717) is 19.5 Å². The Morgan fingerprint density at radius 3 is 2.62 bits per heavy atom. The molecule has 3 amide bonds. The molecule has 6 heteroatoms. The fourth-order valence-corrected chi connectivity index (χ4v) is 2.60. The molecule has 1 aromatic rings. The number of amides is 3. The third-order valence-corrected chi connectivity index (χ3v) is 3.76. The van der Waals surface area contributed by atoms with Gasteiger partial charge in [0, 0.05) is 30.5 Å². The second kappa shape index (κ2) is 5.57. The Hall–Kier alpha value is -2.34. The van der Waals surface area contributed by atoms with Gasteiger partial charge in [-0.05, 0) is 30.7 Å². The number of carbonyl (C=O) groups excluding carboxylic acids is 2. The summed E-state index contributed by atoms with van der Waals surface area (Å²) >= 11 is 0. The Balaban J connectivity index is 1.63. The summed E-state index contributed by atoms with van der Waals surface area (Å²) in [6.45, 7) is 1.32. The predicted molar refractivity (Wildman–Crippen MR) is 81.0 cm³/mol. The molecule has 2 aliphatic rings. The quantitative estimate of drug-likeness (QED) is 0.726. The molecule has 4 N–H and O–H groups in total. The fourth-order valence-electron chi connectivity index (χ4n) is 2.60. The van der Waals surface area contributed by atoms with Crippen molar-refractivity contribution in [1.29, 1.82) is 0 Å². The number of carbonyl (C=O) groups is 2. The topological polar surface area (TPSA) is 87.5 Å². The Labute approximate surface area is 123 Å². The normalized spacial score (nSPS) is 24.2. The fraction of sp³-hybridized carbons (Fsp3) is 0.333. The lowest BCUT2D eigenvalue weighted by Gasteiger charge is -2.15. The molecule has 3 rings (SSSR count). The van der Waals surface area contributed by atoms with Crippen LogP contribution in [0, 0.1) is 5.92 Å². The summed E-state index contributed by atoms with van der Waals surface area (Å²) in [4.78, 5) is 25.3. The Morgan fingerprint density at radius 1 is 1.29 bits per heavy atom. The van der Waals surface area contributed by atoms with Gasteiger partial charge in [-0.15, -0.1) is 0 Å². The number of urea groups is 1. The average molecular weight is 286 g/mol. The molecule has 21 heavy (non-hydrogen) atoms. The first-order valence-corrected chi connectivity index (χ1v) is 7.04. The highest BCUT2D eigenvalue weighted by Gasteiger charge is 2.23. The summed E-state index contributed by atoms with van der Waals surface area (Å²) in [7, 11) is 0. The molecule has 1 fully saturated rings. The molecule has 1 aliphatic heterocycles. The number of rotatable bonds is 3. The summed E-state index contributed by atoms with van der Waals surface area (Å²) < 4.78 is 0. The number of nitrogens with one attached hydrogen (secondary N) is 2. The lowest BCUT2D eigenvalue weighted by Crippen LogP contribution is -2.27. The van der Waals surface area contributed by atoms with Crippen molar-refractivity contribution in [2.75, 3.05) is 23.3 Å². The van der Waals surface area contributed by atoms with E-state index in [-0.39, 0.29) is 23.9 Å². The van der Waals surface area contributed by atoms with Gasteiger partial charge in [-0.3, -0.25) is 9.69 Å². The number of benzene rings is 1. The van der Waals surface area contributed by atoms with Gasteiger partial charge in [-0.2, -0.15) is 0 Å². The van der Waals surface area contributed by atoms with Crippen LogP contribution in [0.5, 0.6) is 0 Å². The van der Waals surface area contributed by atoms with Crippen LogP contribution in [0.4, 0.5) is 16.2 Å². The summed E-state index contributed by atoms with van der Waals surface area (Å²) in [6.07, 6.45) is 4.36. The molecule has 0 aromatic heterocycles. The Kier molecular flexibility index (Phi) is 3.62. The Bertz CT molecular complexity index is 582. The highest BCUT2D eigenvalue weighted by atomic mass is 16.2. The van der Waals surface area contributed by atoms with E-state index < -0.39 is 0 Å². The van der Waals surface area contributed by atoms with Gasteiger partial charge >= 0.3 is 6.03 Å². The van der Waals surface area contributed by atoms with Crippen LogP contribution in [0.25, 0.3) is 0 Å². The molecule has 2 atom stereocenters. The van der Waals surface area contributed by atoms with E-state index in [1.807, 2.05) is 24.3 Å². The van der Waals surface area contributed by atoms with Gasteiger partial charge in [-0.1, -0.05) is 12.2 Å². The van der Waals surface area contributed by atoms with Gasteiger partial charge in [-0.25, -0.2) is 4.79 Å². The monoisotopic (exact) mass is 286 g/mol. The van der Waals surface area contributed by atoms with Crippen LogP contribution in [-0.2, 0) is 4.79 Å².